The van der Waals surface area contributed by atoms with E-state index >= 15 is 0 Å². The average Bonchev–Trinajstić information content (AvgIpc) is 2.65. The molecule has 130 valence electrons. The lowest BCUT2D eigenvalue weighted by Crippen LogP contribution is -2.43. The van der Waals surface area contributed by atoms with E-state index in [9.17, 15) is 4.79 Å². The van der Waals surface area contributed by atoms with Gasteiger partial charge in [-0.25, -0.2) is 0 Å². The Morgan fingerprint density at radius 1 is 0.846 bits per heavy atom. The zero-order valence-electron chi connectivity index (χ0n) is 15.3. The van der Waals surface area contributed by atoms with Crippen molar-refractivity contribution in [2.24, 2.45) is 0 Å². The van der Waals surface area contributed by atoms with Crippen LogP contribution in [0.1, 0.15) is 38.8 Å². The number of carbonyl (C=O) groups is 1. The predicted octanol–water partition coefficient (Wildman–Crippen LogP) is 5.38. The molecular formula is C23H22N2O. The van der Waals surface area contributed by atoms with E-state index in [1.165, 1.54) is 16.7 Å². The second-order valence-electron chi connectivity index (χ2n) is 6.95. The molecular weight excluding hydrogens is 320 g/mol. The third kappa shape index (κ3) is 2.76. The molecule has 1 N–H and O–H groups in total. The third-order valence-electron chi connectivity index (χ3n) is 5.09. The number of anilines is 2. The van der Waals surface area contributed by atoms with Gasteiger partial charge in [0.05, 0.1) is 5.56 Å². The molecule has 3 heteroatoms. The van der Waals surface area contributed by atoms with Crippen molar-refractivity contribution in [1.29, 1.82) is 0 Å². The molecule has 1 aliphatic heterocycles. The normalized spacial score (nSPS) is 16.2. The summed E-state index contributed by atoms with van der Waals surface area (Å²) in [6.45, 7) is 6.23. The van der Waals surface area contributed by atoms with E-state index in [-0.39, 0.29) is 12.1 Å². The lowest BCUT2D eigenvalue weighted by Gasteiger charge is -2.38. The number of rotatable bonds is 2. The highest BCUT2D eigenvalue weighted by Gasteiger charge is 2.34. The van der Waals surface area contributed by atoms with Crippen LogP contribution in [0.15, 0.2) is 66.7 Å². The van der Waals surface area contributed by atoms with Gasteiger partial charge in [0.2, 0.25) is 0 Å². The first-order valence-electron chi connectivity index (χ1n) is 8.87. The molecule has 0 saturated heterocycles. The summed E-state index contributed by atoms with van der Waals surface area (Å²) in [7, 11) is 0. The molecule has 0 bridgehead atoms. The summed E-state index contributed by atoms with van der Waals surface area (Å²) >= 11 is 0. The quantitative estimate of drug-likeness (QED) is 0.678. The molecule has 0 aromatic heterocycles. The van der Waals surface area contributed by atoms with Crippen LogP contribution in [0.4, 0.5) is 11.4 Å². The van der Waals surface area contributed by atoms with Crippen molar-refractivity contribution in [2.45, 2.75) is 26.9 Å². The minimum Gasteiger partial charge on any atom is -0.360 e. The van der Waals surface area contributed by atoms with Crippen molar-refractivity contribution < 1.29 is 4.79 Å². The van der Waals surface area contributed by atoms with Gasteiger partial charge >= 0.3 is 0 Å². The topological polar surface area (TPSA) is 32.3 Å². The molecule has 0 aliphatic carbocycles. The number of nitrogens with one attached hydrogen (secondary N) is 1. The Bertz CT molecular complexity index is 976. The molecule has 3 aromatic carbocycles. The minimum absolute atomic E-state index is 0.0215. The van der Waals surface area contributed by atoms with Crippen molar-refractivity contribution in [3.8, 4) is 0 Å². The summed E-state index contributed by atoms with van der Waals surface area (Å²) < 4.78 is 0. The standard InChI is InChI=1S/C23H22N2O/c1-15-8-11-18(12-9-15)22-24-21-7-5-4-6-20(21)23(26)25(22)19-13-10-16(2)17(3)14-19/h4-14,22,24H,1-3H3/t22-/m1/s1. The van der Waals surface area contributed by atoms with Crippen molar-refractivity contribution >= 4 is 17.3 Å². The molecule has 1 atom stereocenters. The van der Waals surface area contributed by atoms with Crippen LogP contribution in [0.5, 0.6) is 0 Å². The van der Waals surface area contributed by atoms with E-state index in [1.807, 2.05) is 35.2 Å². The van der Waals surface area contributed by atoms with E-state index in [0.717, 1.165) is 16.9 Å². The second kappa shape index (κ2) is 6.34. The van der Waals surface area contributed by atoms with Crippen LogP contribution in [0.3, 0.4) is 0 Å². The van der Waals surface area contributed by atoms with E-state index in [0.29, 0.717) is 5.56 Å². The zero-order chi connectivity index (χ0) is 18.3. The average molecular weight is 342 g/mol. The van der Waals surface area contributed by atoms with Gasteiger partial charge in [0, 0.05) is 11.4 Å². The second-order valence-corrected chi connectivity index (χ2v) is 6.95. The van der Waals surface area contributed by atoms with Crippen LogP contribution in [-0.2, 0) is 0 Å². The highest BCUT2D eigenvalue weighted by Crippen LogP contribution is 2.37. The lowest BCUT2D eigenvalue weighted by molar-refractivity contribution is 0.0975. The fraction of sp³-hybridized carbons (Fsp3) is 0.174. The number of nitrogens with zero attached hydrogens (tertiary/aromatic N) is 1. The van der Waals surface area contributed by atoms with Crippen molar-refractivity contribution in [3.05, 3.63) is 94.5 Å². The lowest BCUT2D eigenvalue weighted by atomic mass is 10.0. The number of benzene rings is 3. The van der Waals surface area contributed by atoms with Crippen molar-refractivity contribution in [1.82, 2.24) is 0 Å². The smallest absolute Gasteiger partial charge is 0.262 e. The Hall–Kier alpha value is -3.07. The largest absolute Gasteiger partial charge is 0.360 e. The number of fused-ring (bicyclic) bond motifs is 1. The van der Waals surface area contributed by atoms with Gasteiger partial charge in [-0.05, 0) is 61.7 Å². The van der Waals surface area contributed by atoms with Crippen LogP contribution in [0.25, 0.3) is 0 Å². The summed E-state index contributed by atoms with van der Waals surface area (Å²) in [6.07, 6.45) is -0.236. The molecule has 3 nitrogen and oxygen atoms in total. The number of para-hydroxylation sites is 1. The van der Waals surface area contributed by atoms with Gasteiger partial charge in [0.15, 0.2) is 0 Å². The highest BCUT2D eigenvalue weighted by atomic mass is 16.2. The van der Waals surface area contributed by atoms with Crippen LogP contribution < -0.4 is 10.2 Å². The molecule has 4 rings (SSSR count). The van der Waals surface area contributed by atoms with E-state index in [4.69, 9.17) is 0 Å². The van der Waals surface area contributed by atoms with Crippen LogP contribution in [0, 0.1) is 20.8 Å². The summed E-state index contributed by atoms with van der Waals surface area (Å²) in [5.74, 6) is 0.0215. The molecule has 1 aliphatic rings. The van der Waals surface area contributed by atoms with E-state index in [2.05, 4.69) is 62.5 Å². The van der Waals surface area contributed by atoms with Crippen LogP contribution >= 0.6 is 0 Å². The van der Waals surface area contributed by atoms with E-state index in [1.54, 1.807) is 0 Å². The molecule has 0 fully saturated rings. The monoisotopic (exact) mass is 342 g/mol. The Morgan fingerprint density at radius 2 is 1.58 bits per heavy atom. The number of hydrogen-bond acceptors (Lipinski definition) is 2. The zero-order valence-corrected chi connectivity index (χ0v) is 15.3. The number of amides is 1. The number of aryl methyl sites for hydroxylation is 3. The third-order valence-corrected chi connectivity index (χ3v) is 5.09. The highest BCUT2D eigenvalue weighted by molar-refractivity contribution is 6.12. The molecule has 0 unspecified atom stereocenters. The maximum Gasteiger partial charge on any atom is 0.262 e. The molecule has 0 saturated carbocycles. The first-order chi connectivity index (χ1) is 12.5. The summed E-state index contributed by atoms with van der Waals surface area (Å²) in [6, 6.07) is 22.2. The maximum atomic E-state index is 13.4. The Kier molecular flexibility index (Phi) is 4.00. The van der Waals surface area contributed by atoms with Crippen molar-refractivity contribution in [2.75, 3.05) is 10.2 Å². The van der Waals surface area contributed by atoms with Crippen molar-refractivity contribution in [3.63, 3.8) is 0 Å². The van der Waals surface area contributed by atoms with Gasteiger partial charge in [-0.3, -0.25) is 9.69 Å². The molecule has 3 aromatic rings. The van der Waals surface area contributed by atoms with Crippen LogP contribution in [-0.4, -0.2) is 5.91 Å². The van der Waals surface area contributed by atoms with Gasteiger partial charge in [-0.2, -0.15) is 0 Å². The van der Waals surface area contributed by atoms with Gasteiger partial charge in [0.25, 0.3) is 5.91 Å². The fourth-order valence-electron chi connectivity index (χ4n) is 3.38. The Labute approximate surface area is 154 Å². The maximum absolute atomic E-state index is 13.4. The van der Waals surface area contributed by atoms with E-state index < -0.39 is 0 Å². The predicted molar refractivity (Wildman–Crippen MR) is 107 cm³/mol. The molecule has 1 heterocycles. The molecule has 1 amide bonds. The minimum atomic E-state index is -0.236. The summed E-state index contributed by atoms with van der Waals surface area (Å²) in [5.41, 5.74) is 7.16. The van der Waals surface area contributed by atoms with Gasteiger partial charge in [-0.1, -0.05) is 48.0 Å². The Balaban J connectivity index is 1.87. The Morgan fingerprint density at radius 3 is 2.31 bits per heavy atom. The SMILES string of the molecule is Cc1ccc([C@@H]2Nc3ccccc3C(=O)N2c2ccc(C)c(C)c2)cc1. The molecule has 26 heavy (non-hydrogen) atoms. The molecule has 0 radical (unpaired) electrons. The number of hydrogen-bond donors (Lipinski definition) is 1. The van der Waals surface area contributed by atoms with Gasteiger partial charge < -0.3 is 5.32 Å². The van der Waals surface area contributed by atoms with Gasteiger partial charge in [0.1, 0.15) is 6.17 Å². The van der Waals surface area contributed by atoms with Crippen LogP contribution in [0.2, 0.25) is 0 Å². The first kappa shape index (κ1) is 16.4. The molecule has 0 spiro atoms. The fourth-order valence-corrected chi connectivity index (χ4v) is 3.38. The first-order valence-corrected chi connectivity index (χ1v) is 8.87. The number of carbonyl (C=O) groups excluding carboxylic acids is 1. The summed E-state index contributed by atoms with van der Waals surface area (Å²) in [4.78, 5) is 15.2. The van der Waals surface area contributed by atoms with Gasteiger partial charge in [-0.15, -0.1) is 0 Å². The summed E-state index contributed by atoms with van der Waals surface area (Å²) in [5, 5.41) is 3.55.